The minimum atomic E-state index is -1.56. The van der Waals surface area contributed by atoms with Crippen LogP contribution in [0.3, 0.4) is 0 Å². The van der Waals surface area contributed by atoms with Crippen LogP contribution in [-0.2, 0) is 14.3 Å². The molecule has 0 aromatic carbocycles. The van der Waals surface area contributed by atoms with Crippen molar-refractivity contribution < 1.29 is 39.8 Å². The molecule has 9 nitrogen and oxygen atoms in total. The molecular weight excluding hydrogens is 947 g/mol. The normalized spacial score (nSPS) is 18.9. The van der Waals surface area contributed by atoms with Crippen LogP contribution in [0.25, 0.3) is 0 Å². The SMILES string of the molecule is CCCCCCCCCC/C=C\CCCCCCCCCCCCCCCCCCCCCCCCCCCCCCCC(=O)NC(COC1OC(CO)C(O)C(O)C1O)C(O)/C=C/CCCCCCCCCCCC. The number of ether oxygens (including phenoxy) is 2. The first-order valence-electron chi connectivity index (χ1n) is 33.6. The second-order valence-corrected chi connectivity index (χ2v) is 23.6. The summed E-state index contributed by atoms with van der Waals surface area (Å²) in [5.74, 6) is -0.171. The van der Waals surface area contributed by atoms with E-state index in [0.29, 0.717) is 6.42 Å². The molecule has 7 unspecified atom stereocenters. The van der Waals surface area contributed by atoms with Crippen molar-refractivity contribution in [2.75, 3.05) is 13.2 Å². The number of aliphatic hydroxyl groups excluding tert-OH is 5. The molecule has 1 fully saturated rings. The van der Waals surface area contributed by atoms with E-state index in [1.165, 1.54) is 283 Å². The number of unbranched alkanes of at least 4 members (excludes halogenated alkanes) is 47. The molecule has 9 heteroatoms. The maximum absolute atomic E-state index is 13.0. The lowest BCUT2D eigenvalue weighted by Crippen LogP contribution is -2.60. The number of hydrogen-bond acceptors (Lipinski definition) is 8. The number of carbonyl (C=O) groups excluding carboxylic acids is 1. The molecule has 1 amide bonds. The summed E-state index contributed by atoms with van der Waals surface area (Å²) in [6, 6.07) is -0.800. The monoisotopic (exact) mass is 1080 g/mol. The highest BCUT2D eigenvalue weighted by molar-refractivity contribution is 5.76. The zero-order valence-corrected chi connectivity index (χ0v) is 50.3. The van der Waals surface area contributed by atoms with Gasteiger partial charge in [-0.25, -0.2) is 0 Å². The third-order valence-corrected chi connectivity index (χ3v) is 16.3. The van der Waals surface area contributed by atoms with Crippen LogP contribution in [0.5, 0.6) is 0 Å². The average Bonchev–Trinajstić information content (AvgIpc) is 3.42. The van der Waals surface area contributed by atoms with Crippen molar-refractivity contribution in [2.45, 2.75) is 384 Å². The predicted molar refractivity (Wildman–Crippen MR) is 323 cm³/mol. The van der Waals surface area contributed by atoms with E-state index in [-0.39, 0.29) is 12.5 Å². The Morgan fingerprint density at radius 1 is 0.434 bits per heavy atom. The van der Waals surface area contributed by atoms with Gasteiger partial charge in [0.15, 0.2) is 6.29 Å². The Bertz CT molecular complexity index is 1250. The van der Waals surface area contributed by atoms with Crippen molar-refractivity contribution >= 4 is 5.91 Å². The predicted octanol–water partition coefficient (Wildman–Crippen LogP) is 17.7. The van der Waals surface area contributed by atoms with Crippen LogP contribution in [0.4, 0.5) is 0 Å². The maximum atomic E-state index is 13.0. The lowest BCUT2D eigenvalue weighted by atomic mass is 9.99. The van der Waals surface area contributed by atoms with E-state index >= 15 is 0 Å². The molecule has 6 N–H and O–H groups in total. The fraction of sp³-hybridized carbons (Fsp3) is 0.925. The van der Waals surface area contributed by atoms with Gasteiger partial charge in [-0.2, -0.15) is 0 Å². The molecule has 0 spiro atoms. The molecule has 0 aliphatic carbocycles. The summed E-state index contributed by atoms with van der Waals surface area (Å²) in [4.78, 5) is 13.0. The van der Waals surface area contributed by atoms with E-state index in [4.69, 9.17) is 9.47 Å². The summed E-state index contributed by atoms with van der Waals surface area (Å²) < 4.78 is 11.3. The Labute approximate surface area is 470 Å². The minimum Gasteiger partial charge on any atom is -0.394 e. The highest BCUT2D eigenvalue weighted by Gasteiger charge is 2.44. The van der Waals surface area contributed by atoms with Gasteiger partial charge in [0.1, 0.15) is 24.4 Å². The van der Waals surface area contributed by atoms with E-state index in [9.17, 15) is 30.3 Å². The van der Waals surface area contributed by atoms with Gasteiger partial charge in [0.2, 0.25) is 5.91 Å². The molecule has 1 aliphatic rings. The Morgan fingerprint density at radius 3 is 1.07 bits per heavy atom. The Balaban J connectivity index is 1.98. The average molecular weight is 1080 g/mol. The van der Waals surface area contributed by atoms with Crippen LogP contribution >= 0.6 is 0 Å². The van der Waals surface area contributed by atoms with E-state index < -0.39 is 49.5 Å². The molecule has 0 aromatic heterocycles. The molecule has 0 saturated carbocycles. The summed E-state index contributed by atoms with van der Waals surface area (Å²) >= 11 is 0. The molecule has 0 bridgehead atoms. The molecule has 7 atom stereocenters. The molecule has 1 heterocycles. The van der Waals surface area contributed by atoms with Crippen LogP contribution in [0, 0.1) is 0 Å². The first kappa shape index (κ1) is 72.7. The minimum absolute atomic E-state index is 0.171. The fourth-order valence-corrected chi connectivity index (χ4v) is 11.0. The van der Waals surface area contributed by atoms with Gasteiger partial charge in [0.25, 0.3) is 0 Å². The second kappa shape index (κ2) is 56.9. The Morgan fingerprint density at radius 2 is 0.737 bits per heavy atom. The standard InChI is InChI=1S/C67H129NO8/c1-3-5-7-9-11-13-15-17-18-19-20-21-22-23-24-25-26-27-28-29-30-31-32-33-34-35-36-37-38-39-40-41-42-43-44-45-47-49-51-53-55-57-63(71)68-60(59-75-67-66(74)65(73)64(72)62(58-69)76-67)61(70)56-54-52-50-48-46-16-14-12-10-8-6-4-2/h19-20,54,56,60-62,64-67,69-70,72-74H,3-18,21-53,55,57-59H2,1-2H3,(H,68,71)/b20-19-,56-54+. The Kier molecular flexibility index (Phi) is 54.4. The third-order valence-electron chi connectivity index (χ3n) is 16.3. The molecule has 76 heavy (non-hydrogen) atoms. The molecule has 0 aromatic rings. The van der Waals surface area contributed by atoms with Gasteiger partial charge in [-0.05, 0) is 44.9 Å². The lowest BCUT2D eigenvalue weighted by Gasteiger charge is -2.40. The molecule has 1 aliphatic heterocycles. The zero-order chi connectivity index (χ0) is 55.0. The van der Waals surface area contributed by atoms with Crippen molar-refractivity contribution in [1.82, 2.24) is 5.32 Å². The molecular formula is C67H129NO8. The topological polar surface area (TPSA) is 149 Å². The number of aliphatic hydroxyl groups is 5. The summed E-state index contributed by atoms with van der Waals surface area (Å²) in [6.07, 6.45) is 67.4. The first-order valence-corrected chi connectivity index (χ1v) is 33.6. The highest BCUT2D eigenvalue weighted by Crippen LogP contribution is 2.23. The smallest absolute Gasteiger partial charge is 0.220 e. The number of carbonyl (C=O) groups is 1. The Hall–Kier alpha value is -1.33. The molecule has 1 saturated heterocycles. The molecule has 450 valence electrons. The summed E-state index contributed by atoms with van der Waals surface area (Å²) in [5.41, 5.74) is 0. The maximum Gasteiger partial charge on any atom is 0.220 e. The van der Waals surface area contributed by atoms with Gasteiger partial charge in [0.05, 0.1) is 25.4 Å². The highest BCUT2D eigenvalue weighted by atomic mass is 16.7. The number of hydrogen-bond donors (Lipinski definition) is 6. The van der Waals surface area contributed by atoms with Crippen LogP contribution in [0.15, 0.2) is 24.3 Å². The second-order valence-electron chi connectivity index (χ2n) is 23.6. The summed E-state index contributed by atoms with van der Waals surface area (Å²) in [5, 5.41) is 54.4. The number of allylic oxidation sites excluding steroid dienone is 3. The van der Waals surface area contributed by atoms with Crippen LogP contribution in [0.2, 0.25) is 0 Å². The lowest BCUT2D eigenvalue weighted by molar-refractivity contribution is -0.302. The van der Waals surface area contributed by atoms with Crippen LogP contribution in [0.1, 0.15) is 341 Å². The van der Waals surface area contributed by atoms with Gasteiger partial charge in [-0.1, -0.05) is 314 Å². The van der Waals surface area contributed by atoms with E-state index in [0.717, 1.165) is 38.5 Å². The van der Waals surface area contributed by atoms with Crippen LogP contribution < -0.4 is 5.32 Å². The summed E-state index contributed by atoms with van der Waals surface area (Å²) in [7, 11) is 0. The van der Waals surface area contributed by atoms with Gasteiger partial charge >= 0.3 is 0 Å². The molecule has 1 rings (SSSR count). The van der Waals surface area contributed by atoms with E-state index in [2.05, 4.69) is 31.3 Å². The van der Waals surface area contributed by atoms with Crippen molar-refractivity contribution in [3.8, 4) is 0 Å². The van der Waals surface area contributed by atoms with Gasteiger partial charge in [0, 0.05) is 6.42 Å². The van der Waals surface area contributed by atoms with Gasteiger partial charge < -0.3 is 40.3 Å². The van der Waals surface area contributed by atoms with Gasteiger partial charge in [-0.15, -0.1) is 0 Å². The summed E-state index contributed by atoms with van der Waals surface area (Å²) in [6.45, 7) is 3.80. The quantitative estimate of drug-likeness (QED) is 0.0261. The number of rotatable bonds is 59. The van der Waals surface area contributed by atoms with Crippen molar-refractivity contribution in [1.29, 1.82) is 0 Å². The number of amides is 1. The third kappa shape index (κ3) is 45.4. The molecule has 0 radical (unpaired) electrons. The fourth-order valence-electron chi connectivity index (χ4n) is 11.0. The van der Waals surface area contributed by atoms with Crippen molar-refractivity contribution in [2.24, 2.45) is 0 Å². The number of nitrogens with one attached hydrogen (secondary N) is 1. The van der Waals surface area contributed by atoms with Crippen molar-refractivity contribution in [3.05, 3.63) is 24.3 Å². The largest absolute Gasteiger partial charge is 0.394 e. The first-order chi connectivity index (χ1) is 37.3. The van der Waals surface area contributed by atoms with E-state index in [1.807, 2.05) is 6.08 Å². The zero-order valence-electron chi connectivity index (χ0n) is 50.3. The van der Waals surface area contributed by atoms with Gasteiger partial charge in [-0.3, -0.25) is 4.79 Å². The van der Waals surface area contributed by atoms with E-state index in [1.54, 1.807) is 6.08 Å². The van der Waals surface area contributed by atoms with Crippen LogP contribution in [-0.4, -0.2) is 87.5 Å². The van der Waals surface area contributed by atoms with Crippen molar-refractivity contribution in [3.63, 3.8) is 0 Å².